The fourth-order valence-corrected chi connectivity index (χ4v) is 2.05. The molecule has 0 unspecified atom stereocenters. The Kier molecular flexibility index (Phi) is 6.85. The van der Waals surface area contributed by atoms with Gasteiger partial charge in [0.15, 0.2) is 0 Å². The summed E-state index contributed by atoms with van der Waals surface area (Å²) in [5.41, 5.74) is 1.05. The number of rotatable bonds is 7. The SMILES string of the molecule is COCCCCOc1ccc(Br)c(CCl)c1. The number of benzene rings is 1. The predicted molar refractivity (Wildman–Crippen MR) is 70.3 cm³/mol. The minimum absolute atomic E-state index is 0.488. The van der Waals surface area contributed by atoms with E-state index in [1.54, 1.807) is 7.11 Å². The Labute approximate surface area is 110 Å². The van der Waals surface area contributed by atoms with Crippen molar-refractivity contribution in [2.24, 2.45) is 0 Å². The highest BCUT2D eigenvalue weighted by molar-refractivity contribution is 9.10. The van der Waals surface area contributed by atoms with E-state index in [-0.39, 0.29) is 0 Å². The minimum atomic E-state index is 0.488. The van der Waals surface area contributed by atoms with Crippen LogP contribution in [0.5, 0.6) is 5.75 Å². The van der Waals surface area contributed by atoms with E-state index in [0.29, 0.717) is 12.5 Å². The highest BCUT2D eigenvalue weighted by Crippen LogP contribution is 2.24. The first kappa shape index (κ1) is 13.8. The van der Waals surface area contributed by atoms with E-state index < -0.39 is 0 Å². The van der Waals surface area contributed by atoms with Crippen LogP contribution in [-0.2, 0) is 10.6 Å². The van der Waals surface area contributed by atoms with Gasteiger partial charge in [-0.15, -0.1) is 11.6 Å². The van der Waals surface area contributed by atoms with Crippen molar-refractivity contribution in [1.29, 1.82) is 0 Å². The summed E-state index contributed by atoms with van der Waals surface area (Å²) in [5, 5.41) is 0. The van der Waals surface area contributed by atoms with E-state index in [4.69, 9.17) is 21.1 Å². The molecule has 0 aliphatic heterocycles. The lowest BCUT2D eigenvalue weighted by Crippen LogP contribution is -2.00. The Bertz CT molecular complexity index is 318. The maximum absolute atomic E-state index is 5.80. The molecular weight excluding hydrogens is 291 g/mol. The molecule has 16 heavy (non-hydrogen) atoms. The van der Waals surface area contributed by atoms with Crippen molar-refractivity contribution in [1.82, 2.24) is 0 Å². The molecule has 0 aliphatic rings. The van der Waals surface area contributed by atoms with E-state index in [1.165, 1.54) is 0 Å². The van der Waals surface area contributed by atoms with Crippen LogP contribution in [0.3, 0.4) is 0 Å². The summed E-state index contributed by atoms with van der Waals surface area (Å²) in [5.74, 6) is 1.36. The molecule has 1 rings (SSSR count). The Morgan fingerprint density at radius 1 is 1.25 bits per heavy atom. The summed E-state index contributed by atoms with van der Waals surface area (Å²) in [4.78, 5) is 0. The average molecular weight is 308 g/mol. The molecule has 1 aromatic rings. The fraction of sp³-hybridized carbons (Fsp3) is 0.500. The van der Waals surface area contributed by atoms with Crippen LogP contribution >= 0.6 is 27.5 Å². The normalized spacial score (nSPS) is 10.4. The monoisotopic (exact) mass is 306 g/mol. The van der Waals surface area contributed by atoms with Gasteiger partial charge < -0.3 is 9.47 Å². The van der Waals surface area contributed by atoms with Gasteiger partial charge in [-0.1, -0.05) is 15.9 Å². The number of halogens is 2. The van der Waals surface area contributed by atoms with Crippen molar-refractivity contribution in [2.75, 3.05) is 20.3 Å². The third-order valence-corrected chi connectivity index (χ3v) is 3.23. The van der Waals surface area contributed by atoms with E-state index in [0.717, 1.165) is 35.2 Å². The summed E-state index contributed by atoms with van der Waals surface area (Å²) in [6.07, 6.45) is 2.02. The molecule has 0 fully saturated rings. The van der Waals surface area contributed by atoms with Crippen molar-refractivity contribution in [3.05, 3.63) is 28.2 Å². The summed E-state index contributed by atoms with van der Waals surface area (Å²) in [6, 6.07) is 5.87. The molecule has 0 radical (unpaired) electrons. The van der Waals surface area contributed by atoms with Crippen molar-refractivity contribution in [3.63, 3.8) is 0 Å². The molecule has 1 aromatic carbocycles. The standard InChI is InChI=1S/C12H16BrClO2/c1-15-6-2-3-7-16-11-4-5-12(13)10(8-11)9-14/h4-5,8H,2-3,6-7,9H2,1H3. The first-order valence-electron chi connectivity index (χ1n) is 5.24. The number of hydrogen-bond donors (Lipinski definition) is 0. The van der Waals surface area contributed by atoms with Gasteiger partial charge in [-0.2, -0.15) is 0 Å². The minimum Gasteiger partial charge on any atom is -0.494 e. The van der Waals surface area contributed by atoms with Crippen molar-refractivity contribution in [2.45, 2.75) is 18.7 Å². The van der Waals surface area contributed by atoms with E-state index in [1.807, 2.05) is 18.2 Å². The molecule has 0 aliphatic carbocycles. The summed E-state index contributed by atoms with van der Waals surface area (Å²) >= 11 is 9.24. The Hall–Kier alpha value is -0.250. The zero-order valence-corrected chi connectivity index (χ0v) is 11.7. The predicted octanol–water partition coefficient (Wildman–Crippen LogP) is 3.99. The number of unbranched alkanes of at least 4 members (excludes halogenated alkanes) is 1. The smallest absolute Gasteiger partial charge is 0.119 e. The molecule has 0 amide bonds. The van der Waals surface area contributed by atoms with Gasteiger partial charge in [0, 0.05) is 24.1 Å². The Morgan fingerprint density at radius 3 is 2.69 bits per heavy atom. The maximum Gasteiger partial charge on any atom is 0.119 e. The van der Waals surface area contributed by atoms with Gasteiger partial charge in [0.1, 0.15) is 5.75 Å². The van der Waals surface area contributed by atoms with Gasteiger partial charge in [-0.3, -0.25) is 0 Å². The third-order valence-electron chi connectivity index (χ3n) is 2.17. The largest absolute Gasteiger partial charge is 0.494 e. The Balaban J connectivity index is 2.36. The second-order valence-electron chi connectivity index (χ2n) is 3.44. The van der Waals surface area contributed by atoms with Crippen LogP contribution in [0.25, 0.3) is 0 Å². The second kappa shape index (κ2) is 7.93. The average Bonchev–Trinajstić information content (AvgIpc) is 2.31. The molecule has 0 heterocycles. The lowest BCUT2D eigenvalue weighted by molar-refractivity contribution is 0.184. The van der Waals surface area contributed by atoms with E-state index in [2.05, 4.69) is 15.9 Å². The van der Waals surface area contributed by atoms with Crippen LogP contribution in [-0.4, -0.2) is 20.3 Å². The summed E-state index contributed by atoms with van der Waals surface area (Å²) in [6.45, 7) is 1.50. The molecule has 4 heteroatoms. The Morgan fingerprint density at radius 2 is 2.00 bits per heavy atom. The van der Waals surface area contributed by atoms with E-state index in [9.17, 15) is 0 Å². The first-order chi connectivity index (χ1) is 7.77. The molecule has 0 saturated heterocycles. The molecule has 0 aromatic heterocycles. The zero-order valence-electron chi connectivity index (χ0n) is 9.34. The summed E-state index contributed by atoms with van der Waals surface area (Å²) < 4.78 is 11.6. The topological polar surface area (TPSA) is 18.5 Å². The molecule has 0 N–H and O–H groups in total. The van der Waals surface area contributed by atoms with Crippen LogP contribution in [0.1, 0.15) is 18.4 Å². The quantitative estimate of drug-likeness (QED) is 0.560. The van der Waals surface area contributed by atoms with Crippen LogP contribution in [0.4, 0.5) is 0 Å². The summed E-state index contributed by atoms with van der Waals surface area (Å²) in [7, 11) is 1.71. The third kappa shape index (κ3) is 4.73. The first-order valence-corrected chi connectivity index (χ1v) is 6.57. The van der Waals surface area contributed by atoms with Crippen LogP contribution in [0, 0.1) is 0 Å². The molecule has 0 spiro atoms. The van der Waals surface area contributed by atoms with Crippen molar-refractivity contribution < 1.29 is 9.47 Å². The number of hydrogen-bond acceptors (Lipinski definition) is 2. The number of alkyl halides is 1. The number of methoxy groups -OCH3 is 1. The van der Waals surface area contributed by atoms with E-state index >= 15 is 0 Å². The van der Waals surface area contributed by atoms with Crippen molar-refractivity contribution in [3.8, 4) is 5.75 Å². The van der Waals surface area contributed by atoms with Crippen LogP contribution in [0.2, 0.25) is 0 Å². The molecule has 0 bridgehead atoms. The van der Waals surface area contributed by atoms with Gasteiger partial charge in [-0.25, -0.2) is 0 Å². The fourth-order valence-electron chi connectivity index (χ4n) is 1.28. The molecular formula is C12H16BrClO2. The maximum atomic E-state index is 5.80. The van der Waals surface area contributed by atoms with Gasteiger partial charge in [-0.05, 0) is 36.6 Å². The van der Waals surface area contributed by atoms with Gasteiger partial charge >= 0.3 is 0 Å². The highest BCUT2D eigenvalue weighted by Gasteiger charge is 2.01. The lowest BCUT2D eigenvalue weighted by Gasteiger charge is -2.08. The number of ether oxygens (including phenoxy) is 2. The van der Waals surface area contributed by atoms with Crippen molar-refractivity contribution >= 4 is 27.5 Å². The van der Waals surface area contributed by atoms with Gasteiger partial charge in [0.25, 0.3) is 0 Å². The van der Waals surface area contributed by atoms with Crippen LogP contribution in [0.15, 0.2) is 22.7 Å². The zero-order chi connectivity index (χ0) is 11.8. The van der Waals surface area contributed by atoms with Gasteiger partial charge in [0.2, 0.25) is 0 Å². The lowest BCUT2D eigenvalue weighted by atomic mass is 10.2. The molecule has 0 atom stereocenters. The highest BCUT2D eigenvalue weighted by atomic mass is 79.9. The van der Waals surface area contributed by atoms with Crippen LogP contribution < -0.4 is 4.74 Å². The van der Waals surface area contributed by atoms with Gasteiger partial charge in [0.05, 0.1) is 6.61 Å². The second-order valence-corrected chi connectivity index (χ2v) is 4.56. The molecule has 90 valence electrons. The molecule has 2 nitrogen and oxygen atoms in total. The molecule has 0 saturated carbocycles.